The fraction of sp³-hybridized carbons (Fsp3) is 0.533. The molecule has 2 N–H and O–H groups in total. The number of nitrogen functional groups attached to an aromatic ring is 1. The second kappa shape index (κ2) is 5.69. The Hall–Kier alpha value is -1.53. The van der Waals surface area contributed by atoms with Crippen molar-refractivity contribution in [3.8, 4) is 5.75 Å². The lowest BCUT2D eigenvalue weighted by atomic mass is 9.89. The van der Waals surface area contributed by atoms with Gasteiger partial charge in [0.05, 0.1) is 29.7 Å². The van der Waals surface area contributed by atoms with Crippen molar-refractivity contribution in [2.24, 2.45) is 0 Å². The van der Waals surface area contributed by atoms with E-state index in [0.29, 0.717) is 23.7 Å². The maximum atomic E-state index is 5.91. The van der Waals surface area contributed by atoms with Gasteiger partial charge >= 0.3 is 7.12 Å². The van der Waals surface area contributed by atoms with Crippen LogP contribution in [0.5, 0.6) is 5.75 Å². The summed E-state index contributed by atoms with van der Waals surface area (Å²) in [6, 6.07) is 1.76. The Morgan fingerprint density at radius 1 is 1.29 bits per heavy atom. The van der Waals surface area contributed by atoms with Crippen molar-refractivity contribution in [1.82, 2.24) is 4.98 Å². The average Bonchev–Trinajstić information content (AvgIpc) is 2.57. The highest BCUT2D eigenvalue weighted by atomic mass is 16.7. The first-order chi connectivity index (χ1) is 9.75. The molecule has 2 heterocycles. The van der Waals surface area contributed by atoms with Gasteiger partial charge in [-0.1, -0.05) is 5.98 Å². The average molecular weight is 290 g/mol. The zero-order valence-electron chi connectivity index (χ0n) is 13.3. The first-order valence-corrected chi connectivity index (χ1v) is 7.17. The molecule has 2 rings (SSSR count). The number of hydrogen-bond acceptors (Lipinski definition) is 5. The van der Waals surface area contributed by atoms with Crippen LogP contribution in [0.2, 0.25) is 0 Å². The summed E-state index contributed by atoms with van der Waals surface area (Å²) in [5.74, 6) is 2.50. The van der Waals surface area contributed by atoms with Gasteiger partial charge in [-0.2, -0.15) is 0 Å². The molecule has 1 aliphatic heterocycles. The van der Waals surface area contributed by atoms with Crippen LogP contribution in [0.3, 0.4) is 0 Å². The van der Waals surface area contributed by atoms with Gasteiger partial charge in [0, 0.05) is 6.07 Å². The van der Waals surface area contributed by atoms with Gasteiger partial charge in [0.25, 0.3) is 0 Å². The van der Waals surface area contributed by atoms with Crippen LogP contribution < -0.4 is 10.5 Å². The lowest BCUT2D eigenvalue weighted by Crippen LogP contribution is -2.41. The molecule has 0 spiro atoms. The Bertz CT molecular complexity index is 528. The predicted molar refractivity (Wildman–Crippen MR) is 84.9 cm³/mol. The molecule has 0 saturated carbocycles. The third-order valence-corrected chi connectivity index (χ3v) is 3.89. The van der Waals surface area contributed by atoms with Gasteiger partial charge in [-0.25, -0.2) is 0 Å². The number of hydrogen-bond donors (Lipinski definition) is 1. The number of rotatable bonds is 4. The smallest absolute Gasteiger partial charge is 0.487 e. The van der Waals surface area contributed by atoms with Crippen LogP contribution in [0.1, 0.15) is 40.3 Å². The van der Waals surface area contributed by atoms with Crippen molar-refractivity contribution in [3.63, 3.8) is 0 Å². The van der Waals surface area contributed by atoms with E-state index in [2.05, 4.69) is 4.98 Å². The fourth-order valence-electron chi connectivity index (χ4n) is 2.00. The van der Waals surface area contributed by atoms with E-state index in [-0.39, 0.29) is 11.2 Å². The topological polar surface area (TPSA) is 66.6 Å². The molecule has 0 bridgehead atoms. The Labute approximate surface area is 126 Å². The van der Waals surface area contributed by atoms with E-state index in [1.54, 1.807) is 12.3 Å². The van der Waals surface area contributed by atoms with Crippen LogP contribution in [0.25, 0.3) is 6.08 Å². The molecular weight excluding hydrogens is 267 g/mol. The summed E-state index contributed by atoms with van der Waals surface area (Å²) >= 11 is 0. The number of aromatic nitrogens is 1. The van der Waals surface area contributed by atoms with E-state index in [0.717, 1.165) is 0 Å². The highest BCUT2D eigenvalue weighted by molar-refractivity contribution is 6.52. The molecule has 0 amide bonds. The standard InChI is InChI=1S/C15H23BN2O3/c1-6-19-13-9-11(17)10-18-12(13)7-8-16-20-14(2,3)15(4,5)21-16/h7-10H,6,17H2,1-5H3/b8-7+. The minimum atomic E-state index is -0.399. The first-order valence-electron chi connectivity index (χ1n) is 7.17. The van der Waals surface area contributed by atoms with Gasteiger partial charge in [0.2, 0.25) is 0 Å². The summed E-state index contributed by atoms with van der Waals surface area (Å²) in [6.07, 6.45) is 3.44. The van der Waals surface area contributed by atoms with E-state index >= 15 is 0 Å². The maximum Gasteiger partial charge on any atom is 0.487 e. The third-order valence-electron chi connectivity index (χ3n) is 3.89. The molecular formula is C15H23BN2O3. The normalized spacial score (nSPS) is 20.1. The van der Waals surface area contributed by atoms with Gasteiger partial charge < -0.3 is 19.8 Å². The van der Waals surface area contributed by atoms with Crippen LogP contribution >= 0.6 is 0 Å². The molecule has 21 heavy (non-hydrogen) atoms. The molecule has 1 fully saturated rings. The Balaban J connectivity index is 2.16. The Morgan fingerprint density at radius 2 is 1.90 bits per heavy atom. The van der Waals surface area contributed by atoms with E-state index in [1.807, 2.05) is 46.7 Å². The first kappa shape index (κ1) is 15.9. The van der Waals surface area contributed by atoms with Crippen LogP contribution in [0.15, 0.2) is 18.2 Å². The van der Waals surface area contributed by atoms with Crippen molar-refractivity contribution in [3.05, 3.63) is 23.9 Å². The van der Waals surface area contributed by atoms with Crippen LogP contribution in [0, 0.1) is 0 Å². The Morgan fingerprint density at radius 3 is 2.48 bits per heavy atom. The lowest BCUT2D eigenvalue weighted by molar-refractivity contribution is 0.00578. The zero-order valence-corrected chi connectivity index (χ0v) is 13.3. The second-order valence-corrected chi connectivity index (χ2v) is 6.07. The van der Waals surface area contributed by atoms with Crippen LogP contribution in [-0.4, -0.2) is 29.9 Å². The molecule has 5 nitrogen and oxygen atoms in total. The molecule has 1 aromatic heterocycles. The SMILES string of the molecule is CCOc1cc(N)cnc1/C=C/B1OC(C)(C)C(C)(C)O1. The summed E-state index contributed by atoms with van der Waals surface area (Å²) in [7, 11) is -0.399. The number of nitrogens with two attached hydrogens (primary N) is 1. The number of nitrogens with zero attached hydrogens (tertiary/aromatic N) is 1. The third kappa shape index (κ3) is 3.39. The number of anilines is 1. The van der Waals surface area contributed by atoms with Crippen LogP contribution in [-0.2, 0) is 9.31 Å². The Kier molecular flexibility index (Phi) is 4.30. The molecule has 0 aliphatic carbocycles. The second-order valence-electron chi connectivity index (χ2n) is 6.07. The summed E-state index contributed by atoms with van der Waals surface area (Å²) in [5, 5.41) is 0. The highest BCUT2D eigenvalue weighted by Gasteiger charge is 2.50. The molecule has 0 unspecified atom stereocenters. The number of ether oxygens (including phenoxy) is 1. The van der Waals surface area contributed by atoms with Gasteiger partial charge in [0.15, 0.2) is 0 Å². The predicted octanol–water partition coefficient (Wildman–Crippen LogP) is 2.71. The summed E-state index contributed by atoms with van der Waals surface area (Å²) in [6.45, 7) is 10.6. The zero-order chi connectivity index (χ0) is 15.7. The minimum absolute atomic E-state index is 0.348. The van der Waals surface area contributed by atoms with Crippen molar-refractivity contribution in [1.29, 1.82) is 0 Å². The van der Waals surface area contributed by atoms with E-state index < -0.39 is 7.12 Å². The van der Waals surface area contributed by atoms with E-state index in [9.17, 15) is 0 Å². The lowest BCUT2D eigenvalue weighted by Gasteiger charge is -2.32. The summed E-state index contributed by atoms with van der Waals surface area (Å²) in [5.41, 5.74) is 6.32. The molecule has 6 heteroatoms. The van der Waals surface area contributed by atoms with Crippen LogP contribution in [0.4, 0.5) is 5.69 Å². The summed E-state index contributed by atoms with van der Waals surface area (Å²) < 4.78 is 17.4. The van der Waals surface area contributed by atoms with Crippen molar-refractivity contribution < 1.29 is 14.0 Å². The quantitative estimate of drug-likeness (QED) is 0.864. The number of pyridine rings is 1. The minimum Gasteiger partial charge on any atom is -0.492 e. The van der Waals surface area contributed by atoms with Gasteiger partial charge in [-0.05, 0) is 40.7 Å². The molecule has 114 valence electrons. The van der Waals surface area contributed by atoms with Gasteiger partial charge in [0.1, 0.15) is 11.4 Å². The molecule has 1 aliphatic rings. The van der Waals surface area contributed by atoms with Gasteiger partial charge in [-0.3, -0.25) is 4.98 Å². The van der Waals surface area contributed by atoms with Crippen molar-refractivity contribution in [2.75, 3.05) is 12.3 Å². The highest BCUT2D eigenvalue weighted by Crippen LogP contribution is 2.37. The fourth-order valence-corrected chi connectivity index (χ4v) is 2.00. The molecule has 0 radical (unpaired) electrons. The monoisotopic (exact) mass is 290 g/mol. The molecule has 1 saturated heterocycles. The van der Waals surface area contributed by atoms with Gasteiger partial charge in [-0.15, -0.1) is 0 Å². The maximum absolute atomic E-state index is 5.91. The van der Waals surface area contributed by atoms with E-state index in [1.165, 1.54) is 0 Å². The van der Waals surface area contributed by atoms with Crippen molar-refractivity contribution in [2.45, 2.75) is 45.8 Å². The molecule has 0 atom stereocenters. The summed E-state index contributed by atoms with van der Waals surface area (Å²) in [4.78, 5) is 4.28. The van der Waals surface area contributed by atoms with E-state index in [4.69, 9.17) is 19.8 Å². The van der Waals surface area contributed by atoms with Crippen molar-refractivity contribution >= 4 is 18.9 Å². The molecule has 1 aromatic rings. The molecule has 0 aromatic carbocycles. The largest absolute Gasteiger partial charge is 0.492 e.